The van der Waals surface area contributed by atoms with Gasteiger partial charge in [-0.05, 0) is 23.3 Å². The number of aromatic nitrogens is 4. The Bertz CT molecular complexity index is 362. The SMILES string of the molecule is COC(=O)CSc1nnnn1C1CCCC1. The predicted molar refractivity (Wildman–Crippen MR) is 58.1 cm³/mol. The van der Waals surface area contributed by atoms with Crippen molar-refractivity contribution in [3.8, 4) is 0 Å². The van der Waals surface area contributed by atoms with Crippen LogP contribution < -0.4 is 0 Å². The molecule has 1 aromatic rings. The molecule has 0 N–H and O–H groups in total. The Morgan fingerprint density at radius 1 is 1.56 bits per heavy atom. The van der Waals surface area contributed by atoms with Crippen LogP contribution in [0.3, 0.4) is 0 Å². The molecular formula is C9H14N4O2S. The summed E-state index contributed by atoms with van der Waals surface area (Å²) in [5.74, 6) is -0.00479. The number of carbonyl (C=O) groups is 1. The van der Waals surface area contributed by atoms with E-state index in [4.69, 9.17) is 0 Å². The summed E-state index contributed by atoms with van der Waals surface area (Å²) in [6, 6.07) is 0.398. The number of carbonyl (C=O) groups excluding carboxylic acids is 1. The zero-order valence-corrected chi connectivity index (χ0v) is 9.94. The molecular weight excluding hydrogens is 228 g/mol. The van der Waals surface area contributed by atoms with Crippen molar-refractivity contribution in [2.45, 2.75) is 36.9 Å². The first kappa shape index (κ1) is 11.4. The van der Waals surface area contributed by atoms with E-state index in [0.717, 1.165) is 12.8 Å². The fourth-order valence-electron chi connectivity index (χ4n) is 1.84. The molecule has 0 aromatic carbocycles. The minimum absolute atomic E-state index is 0.254. The van der Waals surface area contributed by atoms with Gasteiger partial charge in [0.25, 0.3) is 0 Å². The predicted octanol–water partition coefficient (Wildman–Crippen LogP) is 1.05. The second kappa shape index (κ2) is 5.29. The van der Waals surface area contributed by atoms with E-state index in [2.05, 4.69) is 20.3 Å². The van der Waals surface area contributed by atoms with Gasteiger partial charge in [0.1, 0.15) is 0 Å². The Balaban J connectivity index is 1.98. The van der Waals surface area contributed by atoms with E-state index in [1.165, 1.54) is 31.7 Å². The van der Waals surface area contributed by atoms with E-state index in [9.17, 15) is 4.79 Å². The van der Waals surface area contributed by atoms with Gasteiger partial charge in [0, 0.05) is 0 Å². The van der Waals surface area contributed by atoms with Gasteiger partial charge in [-0.25, -0.2) is 4.68 Å². The Labute approximate surface area is 97.7 Å². The van der Waals surface area contributed by atoms with Crippen LogP contribution in [-0.4, -0.2) is 39.0 Å². The van der Waals surface area contributed by atoms with Crippen LogP contribution in [0.4, 0.5) is 0 Å². The van der Waals surface area contributed by atoms with E-state index in [1.54, 1.807) is 0 Å². The second-order valence-corrected chi connectivity index (χ2v) is 4.65. The molecule has 1 saturated carbocycles. The van der Waals surface area contributed by atoms with Crippen LogP contribution in [-0.2, 0) is 9.53 Å². The van der Waals surface area contributed by atoms with Gasteiger partial charge in [0.2, 0.25) is 5.16 Å². The van der Waals surface area contributed by atoms with Gasteiger partial charge < -0.3 is 4.74 Å². The summed E-state index contributed by atoms with van der Waals surface area (Å²) in [4.78, 5) is 11.0. The van der Waals surface area contributed by atoms with Gasteiger partial charge in [0.05, 0.1) is 18.9 Å². The molecule has 1 aliphatic carbocycles. The third-order valence-electron chi connectivity index (χ3n) is 2.68. The number of thioether (sulfide) groups is 1. The number of ether oxygens (including phenoxy) is 1. The first-order chi connectivity index (χ1) is 7.81. The molecule has 0 spiro atoms. The Morgan fingerprint density at radius 2 is 2.31 bits per heavy atom. The molecule has 0 radical (unpaired) electrons. The molecule has 1 heterocycles. The fourth-order valence-corrected chi connectivity index (χ4v) is 2.62. The smallest absolute Gasteiger partial charge is 0.316 e. The van der Waals surface area contributed by atoms with Crippen molar-refractivity contribution in [1.29, 1.82) is 0 Å². The number of nitrogens with zero attached hydrogens (tertiary/aromatic N) is 4. The van der Waals surface area contributed by atoms with Crippen molar-refractivity contribution in [2.24, 2.45) is 0 Å². The summed E-state index contributed by atoms with van der Waals surface area (Å²) >= 11 is 1.33. The van der Waals surface area contributed by atoms with Gasteiger partial charge in [-0.1, -0.05) is 24.6 Å². The van der Waals surface area contributed by atoms with Gasteiger partial charge in [-0.15, -0.1) is 5.10 Å². The third-order valence-corrected chi connectivity index (χ3v) is 3.59. The Morgan fingerprint density at radius 3 is 3.00 bits per heavy atom. The molecule has 16 heavy (non-hydrogen) atoms. The maximum Gasteiger partial charge on any atom is 0.316 e. The number of hydrogen-bond acceptors (Lipinski definition) is 6. The summed E-state index contributed by atoms with van der Waals surface area (Å²) in [6.07, 6.45) is 4.70. The quantitative estimate of drug-likeness (QED) is 0.580. The van der Waals surface area contributed by atoms with E-state index >= 15 is 0 Å². The molecule has 0 amide bonds. The largest absolute Gasteiger partial charge is 0.468 e. The molecule has 0 atom stereocenters. The highest BCUT2D eigenvalue weighted by Crippen LogP contribution is 2.31. The summed E-state index contributed by atoms with van der Waals surface area (Å²) in [7, 11) is 1.38. The van der Waals surface area contributed by atoms with Crippen LogP contribution in [0.1, 0.15) is 31.7 Å². The topological polar surface area (TPSA) is 69.9 Å². The Kier molecular flexibility index (Phi) is 3.76. The van der Waals surface area contributed by atoms with E-state index in [0.29, 0.717) is 11.2 Å². The van der Waals surface area contributed by atoms with Crippen LogP contribution in [0.2, 0.25) is 0 Å². The standard InChI is InChI=1S/C9H14N4O2S/c1-15-8(14)6-16-9-10-11-12-13(9)7-4-2-3-5-7/h7H,2-6H2,1H3. The number of tetrazole rings is 1. The first-order valence-corrected chi connectivity index (χ1v) is 6.27. The van der Waals surface area contributed by atoms with Crippen molar-refractivity contribution >= 4 is 17.7 Å². The number of esters is 1. The van der Waals surface area contributed by atoms with Crippen molar-refractivity contribution in [3.63, 3.8) is 0 Å². The molecule has 1 fully saturated rings. The number of rotatable bonds is 4. The van der Waals surface area contributed by atoms with Gasteiger partial charge in [-0.2, -0.15) is 0 Å². The van der Waals surface area contributed by atoms with Crippen molar-refractivity contribution in [1.82, 2.24) is 20.2 Å². The average Bonchev–Trinajstić information content (AvgIpc) is 2.95. The first-order valence-electron chi connectivity index (χ1n) is 5.28. The summed E-state index contributed by atoms with van der Waals surface area (Å²) in [5.41, 5.74) is 0. The molecule has 0 bridgehead atoms. The normalized spacial score (nSPS) is 16.6. The monoisotopic (exact) mass is 242 g/mol. The highest BCUT2D eigenvalue weighted by Gasteiger charge is 2.21. The van der Waals surface area contributed by atoms with Crippen LogP contribution in [0, 0.1) is 0 Å². The van der Waals surface area contributed by atoms with Crippen molar-refractivity contribution < 1.29 is 9.53 Å². The van der Waals surface area contributed by atoms with Gasteiger partial charge >= 0.3 is 5.97 Å². The summed E-state index contributed by atoms with van der Waals surface area (Å²) in [5, 5.41) is 12.3. The zero-order chi connectivity index (χ0) is 11.4. The van der Waals surface area contributed by atoms with Crippen LogP contribution in [0.15, 0.2) is 5.16 Å². The van der Waals surface area contributed by atoms with Crippen LogP contribution in [0.25, 0.3) is 0 Å². The molecule has 6 nitrogen and oxygen atoms in total. The lowest BCUT2D eigenvalue weighted by atomic mass is 10.3. The van der Waals surface area contributed by atoms with Gasteiger partial charge in [-0.3, -0.25) is 4.79 Å². The maximum absolute atomic E-state index is 11.0. The van der Waals surface area contributed by atoms with Gasteiger partial charge in [0.15, 0.2) is 0 Å². The lowest BCUT2D eigenvalue weighted by Gasteiger charge is -2.10. The molecule has 7 heteroatoms. The number of methoxy groups -OCH3 is 1. The van der Waals surface area contributed by atoms with E-state index < -0.39 is 0 Å². The fraction of sp³-hybridized carbons (Fsp3) is 0.778. The summed E-state index contributed by atoms with van der Waals surface area (Å²) in [6.45, 7) is 0. The van der Waals surface area contributed by atoms with Crippen LogP contribution >= 0.6 is 11.8 Å². The minimum atomic E-state index is -0.258. The number of hydrogen-bond donors (Lipinski definition) is 0. The van der Waals surface area contributed by atoms with Crippen molar-refractivity contribution in [3.05, 3.63) is 0 Å². The van der Waals surface area contributed by atoms with Crippen LogP contribution in [0.5, 0.6) is 0 Å². The zero-order valence-electron chi connectivity index (χ0n) is 9.13. The van der Waals surface area contributed by atoms with Crippen molar-refractivity contribution in [2.75, 3.05) is 12.9 Å². The lowest BCUT2D eigenvalue weighted by Crippen LogP contribution is -2.10. The molecule has 0 saturated heterocycles. The lowest BCUT2D eigenvalue weighted by molar-refractivity contribution is -0.137. The molecule has 88 valence electrons. The van der Waals surface area contributed by atoms with E-state index in [1.807, 2.05) is 4.68 Å². The average molecular weight is 242 g/mol. The summed E-state index contributed by atoms with van der Waals surface area (Å²) < 4.78 is 6.41. The molecule has 0 aliphatic heterocycles. The molecule has 1 aromatic heterocycles. The van der Waals surface area contributed by atoms with E-state index in [-0.39, 0.29) is 11.7 Å². The Hall–Kier alpha value is -1.11. The maximum atomic E-state index is 11.0. The highest BCUT2D eigenvalue weighted by atomic mass is 32.2. The molecule has 0 unspecified atom stereocenters. The molecule has 2 rings (SSSR count). The second-order valence-electron chi connectivity index (χ2n) is 3.71. The third kappa shape index (κ3) is 2.52. The molecule has 1 aliphatic rings. The highest BCUT2D eigenvalue weighted by molar-refractivity contribution is 7.99. The minimum Gasteiger partial charge on any atom is -0.468 e.